The lowest BCUT2D eigenvalue weighted by molar-refractivity contribution is 0.216. The minimum Gasteiger partial charge on any atom is -0.326 e. The molecule has 0 aromatic rings. The van der Waals surface area contributed by atoms with E-state index in [1.165, 1.54) is 5.57 Å². The third-order valence-electron chi connectivity index (χ3n) is 2.51. The van der Waals surface area contributed by atoms with E-state index < -0.39 is 0 Å². The average molecular weight is 198 g/mol. The molecule has 2 nitrogen and oxygen atoms in total. The molecule has 0 aromatic carbocycles. The Kier molecular flexibility index (Phi) is 5.38. The van der Waals surface area contributed by atoms with Gasteiger partial charge in [-0.3, -0.25) is 4.90 Å². The quantitative estimate of drug-likeness (QED) is 0.687. The number of rotatable bonds is 5. The summed E-state index contributed by atoms with van der Waals surface area (Å²) in [7, 11) is 0. The number of likely N-dealkylation sites (N-methyl/N-ethyl adjacent to an activating group) is 1. The Bertz CT molecular complexity index is 179. The van der Waals surface area contributed by atoms with E-state index in [1.54, 1.807) is 0 Å². The molecule has 0 aliphatic carbocycles. The zero-order chi connectivity index (χ0) is 11.4. The Morgan fingerprint density at radius 3 is 2.21 bits per heavy atom. The molecular formula is C12H26N2. The first kappa shape index (κ1) is 13.7. The Labute approximate surface area is 89.2 Å². The lowest BCUT2D eigenvalue weighted by atomic mass is 9.87. The van der Waals surface area contributed by atoms with E-state index in [0.29, 0.717) is 0 Å². The Balaban J connectivity index is 4.11. The monoisotopic (exact) mass is 198 g/mol. The molecule has 1 atom stereocenters. The molecule has 84 valence electrons. The van der Waals surface area contributed by atoms with Crippen LogP contribution in [-0.4, -0.2) is 30.6 Å². The largest absolute Gasteiger partial charge is 0.326 e. The van der Waals surface area contributed by atoms with E-state index in [-0.39, 0.29) is 11.5 Å². The standard InChI is InChI=1S/C12H26N2/c1-7-14(8-10(2)3)9-11(13)12(4,5)6/h11H,2,7-9,13H2,1,3-6H3. The van der Waals surface area contributed by atoms with Crippen LogP contribution in [0.2, 0.25) is 0 Å². The summed E-state index contributed by atoms with van der Waals surface area (Å²) in [5.41, 5.74) is 7.52. The lowest BCUT2D eigenvalue weighted by Crippen LogP contribution is -2.45. The topological polar surface area (TPSA) is 29.3 Å². The molecule has 0 bridgehead atoms. The summed E-state index contributed by atoms with van der Waals surface area (Å²) >= 11 is 0. The van der Waals surface area contributed by atoms with Crippen LogP contribution in [0.5, 0.6) is 0 Å². The van der Waals surface area contributed by atoms with Gasteiger partial charge in [-0.2, -0.15) is 0 Å². The Hall–Kier alpha value is -0.340. The molecule has 0 heterocycles. The number of nitrogens with zero attached hydrogens (tertiary/aromatic N) is 1. The van der Waals surface area contributed by atoms with Gasteiger partial charge in [-0.05, 0) is 18.9 Å². The Morgan fingerprint density at radius 2 is 1.93 bits per heavy atom. The van der Waals surface area contributed by atoms with E-state index in [4.69, 9.17) is 5.73 Å². The van der Waals surface area contributed by atoms with Gasteiger partial charge >= 0.3 is 0 Å². The molecule has 0 amide bonds. The highest BCUT2D eigenvalue weighted by molar-refractivity contribution is 4.93. The van der Waals surface area contributed by atoms with E-state index in [1.807, 2.05) is 0 Å². The molecule has 0 spiro atoms. The summed E-state index contributed by atoms with van der Waals surface area (Å²) < 4.78 is 0. The number of nitrogens with two attached hydrogens (primary N) is 1. The zero-order valence-corrected chi connectivity index (χ0v) is 10.4. The first-order chi connectivity index (χ1) is 6.27. The lowest BCUT2D eigenvalue weighted by Gasteiger charge is -2.32. The highest BCUT2D eigenvalue weighted by Crippen LogP contribution is 2.18. The first-order valence-electron chi connectivity index (χ1n) is 5.39. The van der Waals surface area contributed by atoms with Crippen LogP contribution in [0.15, 0.2) is 12.2 Å². The van der Waals surface area contributed by atoms with Gasteiger partial charge in [0.2, 0.25) is 0 Å². The molecule has 0 aliphatic heterocycles. The van der Waals surface area contributed by atoms with Crippen LogP contribution >= 0.6 is 0 Å². The van der Waals surface area contributed by atoms with Crippen molar-refractivity contribution in [3.63, 3.8) is 0 Å². The van der Waals surface area contributed by atoms with E-state index in [2.05, 4.69) is 46.1 Å². The third kappa shape index (κ3) is 5.40. The average Bonchev–Trinajstić information content (AvgIpc) is 2.00. The molecule has 0 saturated carbocycles. The first-order valence-corrected chi connectivity index (χ1v) is 5.39. The number of hydrogen-bond acceptors (Lipinski definition) is 2. The summed E-state index contributed by atoms with van der Waals surface area (Å²) in [5.74, 6) is 0. The van der Waals surface area contributed by atoms with Crippen LogP contribution in [0, 0.1) is 5.41 Å². The van der Waals surface area contributed by atoms with Crippen LogP contribution in [0.4, 0.5) is 0 Å². The van der Waals surface area contributed by atoms with Crippen molar-refractivity contribution in [1.82, 2.24) is 4.90 Å². The zero-order valence-electron chi connectivity index (χ0n) is 10.4. The van der Waals surface area contributed by atoms with Crippen molar-refractivity contribution in [3.05, 3.63) is 12.2 Å². The normalized spacial score (nSPS) is 14.5. The highest BCUT2D eigenvalue weighted by atomic mass is 15.1. The second kappa shape index (κ2) is 5.52. The molecule has 0 saturated heterocycles. The van der Waals surface area contributed by atoms with E-state index in [9.17, 15) is 0 Å². The van der Waals surface area contributed by atoms with Crippen LogP contribution in [0.1, 0.15) is 34.6 Å². The SMILES string of the molecule is C=C(C)CN(CC)CC(N)C(C)(C)C. The second-order valence-corrected chi connectivity index (χ2v) is 5.26. The van der Waals surface area contributed by atoms with Crippen LogP contribution in [0.25, 0.3) is 0 Å². The maximum absolute atomic E-state index is 6.13. The van der Waals surface area contributed by atoms with Gasteiger partial charge in [0, 0.05) is 19.1 Å². The van der Waals surface area contributed by atoms with Crippen LogP contribution < -0.4 is 5.73 Å². The predicted molar refractivity (Wildman–Crippen MR) is 64.4 cm³/mol. The van der Waals surface area contributed by atoms with Crippen molar-refractivity contribution in [1.29, 1.82) is 0 Å². The van der Waals surface area contributed by atoms with Gasteiger partial charge in [0.1, 0.15) is 0 Å². The van der Waals surface area contributed by atoms with Crippen molar-refractivity contribution in [3.8, 4) is 0 Å². The van der Waals surface area contributed by atoms with Gasteiger partial charge in [0.15, 0.2) is 0 Å². The van der Waals surface area contributed by atoms with Crippen molar-refractivity contribution in [2.45, 2.75) is 40.7 Å². The minimum atomic E-state index is 0.183. The summed E-state index contributed by atoms with van der Waals surface area (Å²) in [5, 5.41) is 0. The third-order valence-corrected chi connectivity index (χ3v) is 2.51. The number of hydrogen-bond donors (Lipinski definition) is 1. The van der Waals surface area contributed by atoms with Crippen molar-refractivity contribution in [2.24, 2.45) is 11.1 Å². The van der Waals surface area contributed by atoms with Gasteiger partial charge in [0.05, 0.1) is 0 Å². The molecule has 2 heteroatoms. The van der Waals surface area contributed by atoms with Gasteiger partial charge in [-0.1, -0.05) is 39.8 Å². The smallest absolute Gasteiger partial charge is 0.0217 e. The van der Waals surface area contributed by atoms with Gasteiger partial charge in [-0.25, -0.2) is 0 Å². The molecule has 0 aromatic heterocycles. The predicted octanol–water partition coefficient (Wildman–Crippen LogP) is 2.26. The molecule has 2 N–H and O–H groups in total. The molecule has 0 radical (unpaired) electrons. The second-order valence-electron chi connectivity index (χ2n) is 5.26. The molecule has 14 heavy (non-hydrogen) atoms. The Morgan fingerprint density at radius 1 is 1.43 bits per heavy atom. The fraction of sp³-hybridized carbons (Fsp3) is 0.833. The fourth-order valence-electron chi connectivity index (χ4n) is 1.24. The fourth-order valence-corrected chi connectivity index (χ4v) is 1.24. The van der Waals surface area contributed by atoms with Crippen LogP contribution in [0.3, 0.4) is 0 Å². The summed E-state index contributed by atoms with van der Waals surface area (Å²) in [6, 6.07) is 0.224. The highest BCUT2D eigenvalue weighted by Gasteiger charge is 2.22. The minimum absolute atomic E-state index is 0.183. The van der Waals surface area contributed by atoms with E-state index in [0.717, 1.165) is 19.6 Å². The van der Waals surface area contributed by atoms with Gasteiger partial charge < -0.3 is 5.73 Å². The molecular weight excluding hydrogens is 172 g/mol. The maximum atomic E-state index is 6.13. The molecule has 0 fully saturated rings. The summed E-state index contributed by atoms with van der Waals surface area (Å²) in [4.78, 5) is 2.35. The molecule has 0 aliphatic rings. The van der Waals surface area contributed by atoms with Crippen molar-refractivity contribution >= 4 is 0 Å². The van der Waals surface area contributed by atoms with Crippen LogP contribution in [-0.2, 0) is 0 Å². The summed E-state index contributed by atoms with van der Waals surface area (Å²) in [6.45, 7) is 17.7. The summed E-state index contributed by atoms with van der Waals surface area (Å²) in [6.07, 6.45) is 0. The maximum Gasteiger partial charge on any atom is 0.0217 e. The molecule has 0 rings (SSSR count). The molecule has 1 unspecified atom stereocenters. The van der Waals surface area contributed by atoms with Gasteiger partial charge in [0.25, 0.3) is 0 Å². The van der Waals surface area contributed by atoms with Gasteiger partial charge in [-0.15, -0.1) is 0 Å². The van der Waals surface area contributed by atoms with Crippen molar-refractivity contribution < 1.29 is 0 Å². The van der Waals surface area contributed by atoms with E-state index >= 15 is 0 Å². The van der Waals surface area contributed by atoms with Crippen molar-refractivity contribution in [2.75, 3.05) is 19.6 Å².